The monoisotopic (exact) mass is 253 g/mol. The fourth-order valence-corrected chi connectivity index (χ4v) is 3.54. The summed E-state index contributed by atoms with van der Waals surface area (Å²) >= 11 is 1.86. The molecule has 1 atom stereocenters. The van der Waals surface area contributed by atoms with E-state index >= 15 is 0 Å². The highest BCUT2D eigenvalue weighted by Crippen LogP contribution is 2.35. The van der Waals surface area contributed by atoms with Gasteiger partial charge < -0.3 is 10.2 Å². The van der Waals surface area contributed by atoms with Crippen LogP contribution in [0.25, 0.3) is 0 Å². The molecule has 1 saturated heterocycles. The second kappa shape index (κ2) is 5.04. The Morgan fingerprint density at radius 1 is 1.47 bits per heavy atom. The average Bonchev–Trinajstić information content (AvgIpc) is 2.82. The molecule has 3 nitrogen and oxygen atoms in total. The van der Waals surface area contributed by atoms with Crippen LogP contribution in [-0.4, -0.2) is 36.6 Å². The van der Waals surface area contributed by atoms with Crippen LogP contribution in [0, 0.1) is 13.8 Å². The van der Waals surface area contributed by atoms with Gasteiger partial charge in [-0.3, -0.25) is 0 Å². The first kappa shape index (κ1) is 13.0. The molecule has 0 aliphatic carbocycles. The third-order valence-corrected chi connectivity index (χ3v) is 4.89. The summed E-state index contributed by atoms with van der Waals surface area (Å²) in [7, 11) is 2.20. The van der Waals surface area contributed by atoms with Crippen molar-refractivity contribution < 1.29 is 0 Å². The van der Waals surface area contributed by atoms with Gasteiger partial charge in [-0.1, -0.05) is 6.92 Å². The standard InChI is InChI=1S/C13H23N3S/c1-5-7-14-13(6-8-16(4)9-13)12-15-10(2)11(3)17-12/h14H,5-9H2,1-4H3. The SMILES string of the molecule is CCCNC1(c2nc(C)c(C)s2)CCN(C)C1. The lowest BCUT2D eigenvalue weighted by molar-refractivity contribution is 0.315. The molecule has 96 valence electrons. The van der Waals surface area contributed by atoms with E-state index in [1.165, 1.54) is 28.4 Å². The van der Waals surface area contributed by atoms with Gasteiger partial charge in [0, 0.05) is 18.0 Å². The Bertz CT molecular complexity index is 369. The largest absolute Gasteiger partial charge is 0.304 e. The summed E-state index contributed by atoms with van der Waals surface area (Å²) in [4.78, 5) is 8.53. The normalized spacial score (nSPS) is 25.6. The minimum atomic E-state index is 0.106. The highest BCUT2D eigenvalue weighted by atomic mass is 32.1. The third kappa shape index (κ3) is 2.54. The van der Waals surface area contributed by atoms with E-state index in [1.54, 1.807) is 0 Å². The number of nitrogens with one attached hydrogen (secondary N) is 1. The summed E-state index contributed by atoms with van der Waals surface area (Å²) in [6, 6.07) is 0. The minimum absolute atomic E-state index is 0.106. The van der Waals surface area contributed by atoms with Crippen molar-refractivity contribution in [2.24, 2.45) is 0 Å². The van der Waals surface area contributed by atoms with E-state index in [0.29, 0.717) is 0 Å². The second-order valence-electron chi connectivity index (χ2n) is 5.16. The molecular formula is C13H23N3S. The van der Waals surface area contributed by atoms with Crippen molar-refractivity contribution in [3.63, 3.8) is 0 Å². The molecule has 0 saturated carbocycles. The van der Waals surface area contributed by atoms with Crippen LogP contribution in [0.5, 0.6) is 0 Å². The van der Waals surface area contributed by atoms with Crippen LogP contribution in [0.2, 0.25) is 0 Å². The molecule has 0 bridgehead atoms. The molecule has 0 radical (unpaired) electrons. The van der Waals surface area contributed by atoms with Crippen LogP contribution >= 0.6 is 11.3 Å². The molecule has 17 heavy (non-hydrogen) atoms. The predicted octanol–water partition coefficient (Wildman–Crippen LogP) is 2.29. The zero-order valence-corrected chi connectivity index (χ0v) is 12.2. The van der Waals surface area contributed by atoms with Crippen LogP contribution in [0.4, 0.5) is 0 Å². The van der Waals surface area contributed by atoms with Gasteiger partial charge in [0.05, 0.1) is 11.2 Å². The van der Waals surface area contributed by atoms with Crippen molar-refractivity contribution in [1.82, 2.24) is 15.2 Å². The molecule has 0 spiro atoms. The van der Waals surface area contributed by atoms with E-state index in [2.05, 4.69) is 38.0 Å². The number of likely N-dealkylation sites (N-methyl/N-ethyl adjacent to an activating group) is 1. The maximum atomic E-state index is 4.78. The van der Waals surface area contributed by atoms with Crippen molar-refractivity contribution in [3.05, 3.63) is 15.6 Å². The summed E-state index contributed by atoms with van der Waals surface area (Å²) in [6.07, 6.45) is 2.35. The zero-order valence-electron chi connectivity index (χ0n) is 11.3. The lowest BCUT2D eigenvalue weighted by Gasteiger charge is -2.28. The second-order valence-corrected chi connectivity index (χ2v) is 6.36. The molecule has 1 aliphatic heterocycles. The Morgan fingerprint density at radius 2 is 2.24 bits per heavy atom. The molecule has 2 heterocycles. The highest BCUT2D eigenvalue weighted by Gasteiger charge is 2.40. The van der Waals surface area contributed by atoms with E-state index in [1.807, 2.05) is 11.3 Å². The van der Waals surface area contributed by atoms with Gasteiger partial charge in [0.2, 0.25) is 0 Å². The van der Waals surface area contributed by atoms with Gasteiger partial charge in [-0.05, 0) is 40.3 Å². The third-order valence-electron chi connectivity index (χ3n) is 3.61. The van der Waals surface area contributed by atoms with Crippen molar-refractivity contribution >= 4 is 11.3 Å². The first-order valence-corrected chi connectivity index (χ1v) is 7.27. The number of hydrogen-bond acceptors (Lipinski definition) is 4. The quantitative estimate of drug-likeness (QED) is 0.892. The Labute approximate surface area is 108 Å². The summed E-state index contributed by atoms with van der Waals surface area (Å²) in [5, 5.41) is 5.02. The number of nitrogens with zero attached hydrogens (tertiary/aromatic N) is 2. The molecule has 2 rings (SSSR count). The fraction of sp³-hybridized carbons (Fsp3) is 0.769. The molecule has 1 N–H and O–H groups in total. The topological polar surface area (TPSA) is 28.2 Å². The van der Waals surface area contributed by atoms with Gasteiger partial charge in [0.1, 0.15) is 5.01 Å². The van der Waals surface area contributed by atoms with Gasteiger partial charge in [-0.25, -0.2) is 4.98 Å². The maximum absolute atomic E-state index is 4.78. The highest BCUT2D eigenvalue weighted by molar-refractivity contribution is 7.11. The molecule has 0 amide bonds. The van der Waals surface area contributed by atoms with Crippen LogP contribution in [-0.2, 0) is 5.54 Å². The number of likely N-dealkylation sites (tertiary alicyclic amines) is 1. The van der Waals surface area contributed by atoms with Gasteiger partial charge >= 0.3 is 0 Å². The van der Waals surface area contributed by atoms with Crippen molar-refractivity contribution in [3.8, 4) is 0 Å². The van der Waals surface area contributed by atoms with Gasteiger partial charge in [-0.15, -0.1) is 11.3 Å². The molecule has 1 aliphatic rings. The van der Waals surface area contributed by atoms with Gasteiger partial charge in [-0.2, -0.15) is 0 Å². The predicted molar refractivity (Wildman–Crippen MR) is 73.7 cm³/mol. The van der Waals surface area contributed by atoms with Gasteiger partial charge in [0.25, 0.3) is 0 Å². The Balaban J connectivity index is 2.26. The lowest BCUT2D eigenvalue weighted by atomic mass is 9.99. The summed E-state index contributed by atoms with van der Waals surface area (Å²) in [5.41, 5.74) is 1.30. The van der Waals surface area contributed by atoms with Crippen molar-refractivity contribution in [2.75, 3.05) is 26.7 Å². The van der Waals surface area contributed by atoms with E-state index in [4.69, 9.17) is 4.98 Å². The summed E-state index contributed by atoms with van der Waals surface area (Å²) in [6.45, 7) is 9.82. The molecule has 0 aromatic carbocycles. The number of aromatic nitrogens is 1. The van der Waals surface area contributed by atoms with Crippen LogP contribution in [0.3, 0.4) is 0 Å². The smallest absolute Gasteiger partial charge is 0.115 e. The first-order chi connectivity index (χ1) is 8.07. The summed E-state index contributed by atoms with van der Waals surface area (Å²) < 4.78 is 0. The summed E-state index contributed by atoms with van der Waals surface area (Å²) in [5.74, 6) is 0. The molecule has 1 aromatic heterocycles. The molecular weight excluding hydrogens is 230 g/mol. The van der Waals surface area contributed by atoms with Crippen LogP contribution < -0.4 is 5.32 Å². The molecule has 1 unspecified atom stereocenters. The van der Waals surface area contributed by atoms with E-state index < -0.39 is 0 Å². The van der Waals surface area contributed by atoms with Gasteiger partial charge in [0.15, 0.2) is 0 Å². The number of hydrogen-bond donors (Lipinski definition) is 1. The Hall–Kier alpha value is -0.450. The fourth-order valence-electron chi connectivity index (χ4n) is 2.44. The molecule has 1 fully saturated rings. The van der Waals surface area contributed by atoms with Crippen molar-refractivity contribution in [2.45, 2.75) is 39.2 Å². The maximum Gasteiger partial charge on any atom is 0.115 e. The van der Waals surface area contributed by atoms with E-state index in [9.17, 15) is 0 Å². The lowest BCUT2D eigenvalue weighted by Crippen LogP contribution is -2.44. The zero-order chi connectivity index (χ0) is 12.5. The average molecular weight is 253 g/mol. The molecule has 4 heteroatoms. The van der Waals surface area contributed by atoms with Crippen LogP contribution in [0.1, 0.15) is 35.3 Å². The van der Waals surface area contributed by atoms with Crippen LogP contribution in [0.15, 0.2) is 0 Å². The van der Waals surface area contributed by atoms with E-state index in [-0.39, 0.29) is 5.54 Å². The number of aryl methyl sites for hydroxylation is 2. The number of rotatable bonds is 4. The Morgan fingerprint density at radius 3 is 2.71 bits per heavy atom. The first-order valence-electron chi connectivity index (χ1n) is 6.45. The molecule has 1 aromatic rings. The van der Waals surface area contributed by atoms with Crippen molar-refractivity contribution in [1.29, 1.82) is 0 Å². The van der Waals surface area contributed by atoms with E-state index in [0.717, 1.165) is 19.6 Å². The number of thiazole rings is 1. The Kier molecular flexibility index (Phi) is 3.85. The minimum Gasteiger partial charge on any atom is -0.304 e.